The molecule has 0 saturated carbocycles. The topological polar surface area (TPSA) is 109 Å². The van der Waals surface area contributed by atoms with E-state index in [0.717, 1.165) is 5.56 Å². The molecule has 0 spiro atoms. The van der Waals surface area contributed by atoms with Crippen LogP contribution < -0.4 is 15.8 Å². The Balaban J connectivity index is 1.76. The Morgan fingerprint density at radius 1 is 1.25 bits per heavy atom. The Morgan fingerprint density at radius 2 is 2.00 bits per heavy atom. The molecule has 10 heteroatoms. The van der Waals surface area contributed by atoms with Crippen LogP contribution in [0.1, 0.15) is 34.6 Å². The number of rotatable bonds is 7. The van der Waals surface area contributed by atoms with Gasteiger partial charge in [-0.25, -0.2) is 0 Å². The van der Waals surface area contributed by atoms with Gasteiger partial charge < -0.3 is 20.7 Å². The molecule has 1 aliphatic rings. The van der Waals surface area contributed by atoms with E-state index < -0.39 is 18.0 Å². The smallest absolute Gasteiger partial charge is 0.471 e. The van der Waals surface area contributed by atoms with Gasteiger partial charge in [0.15, 0.2) is 0 Å². The lowest BCUT2D eigenvalue weighted by atomic mass is 9.94. The number of nitrogens with zero attached hydrogens (tertiary/aromatic N) is 1. The molecule has 2 aromatic carbocycles. The predicted molar refractivity (Wildman–Crippen MR) is 111 cm³/mol. The van der Waals surface area contributed by atoms with E-state index in [-0.39, 0.29) is 18.3 Å². The van der Waals surface area contributed by atoms with Crippen molar-refractivity contribution in [2.24, 2.45) is 5.73 Å². The second kappa shape index (κ2) is 9.29. The molecule has 0 aliphatic carbocycles. The van der Waals surface area contributed by atoms with E-state index in [1.54, 1.807) is 41.3 Å². The molecule has 0 radical (unpaired) electrons. The lowest BCUT2D eigenvalue weighted by Gasteiger charge is -2.19. The molecule has 1 aliphatic heterocycles. The number of carbonyl (C=O) groups is 2. The van der Waals surface area contributed by atoms with Crippen LogP contribution in [0.2, 0.25) is 0 Å². The molecule has 170 valence electrons. The third-order valence-corrected chi connectivity index (χ3v) is 5.29. The highest BCUT2D eigenvalue weighted by atomic mass is 19.4. The molecule has 2 amide bonds. The first-order chi connectivity index (χ1) is 15.1. The van der Waals surface area contributed by atoms with Crippen LogP contribution >= 0.6 is 0 Å². The van der Waals surface area contributed by atoms with Gasteiger partial charge in [-0.15, -0.1) is 0 Å². The second-order valence-corrected chi connectivity index (χ2v) is 7.47. The van der Waals surface area contributed by atoms with Crippen LogP contribution in [0.4, 0.5) is 13.2 Å². The number of amidine groups is 1. The van der Waals surface area contributed by atoms with E-state index in [0.29, 0.717) is 42.0 Å². The summed E-state index contributed by atoms with van der Waals surface area (Å²) in [7, 11) is 1.45. The number of nitrogens with two attached hydrogens (primary N) is 1. The number of methoxy groups -OCH3 is 1. The SMILES string of the molecule is COc1ccc(CNC(=O)C(F)(F)F)cc1[C@@H]1CCN(Cc2cccc(C(=N)N)c2)C1=O. The third kappa shape index (κ3) is 5.19. The lowest BCUT2D eigenvalue weighted by Crippen LogP contribution is -2.36. The maximum atomic E-state index is 13.1. The fourth-order valence-electron chi connectivity index (χ4n) is 3.69. The molecule has 0 aromatic heterocycles. The van der Waals surface area contributed by atoms with Gasteiger partial charge in [-0.1, -0.05) is 24.3 Å². The maximum Gasteiger partial charge on any atom is 0.471 e. The fourth-order valence-corrected chi connectivity index (χ4v) is 3.69. The quantitative estimate of drug-likeness (QED) is 0.447. The zero-order valence-electron chi connectivity index (χ0n) is 17.3. The first-order valence-electron chi connectivity index (χ1n) is 9.84. The number of hydrogen-bond acceptors (Lipinski definition) is 4. The van der Waals surface area contributed by atoms with E-state index in [4.69, 9.17) is 15.9 Å². The third-order valence-electron chi connectivity index (χ3n) is 5.29. The summed E-state index contributed by atoms with van der Waals surface area (Å²) < 4.78 is 42.7. The molecule has 1 atom stereocenters. The highest BCUT2D eigenvalue weighted by Gasteiger charge is 2.38. The van der Waals surface area contributed by atoms with Crippen molar-refractivity contribution >= 4 is 17.6 Å². The monoisotopic (exact) mass is 448 g/mol. The fraction of sp³-hybridized carbons (Fsp3) is 0.318. The van der Waals surface area contributed by atoms with Crippen molar-refractivity contribution < 1.29 is 27.5 Å². The molecular formula is C22H23F3N4O3. The minimum atomic E-state index is -4.96. The minimum absolute atomic E-state index is 0.0587. The lowest BCUT2D eigenvalue weighted by molar-refractivity contribution is -0.173. The Hall–Kier alpha value is -3.56. The number of ether oxygens (including phenoxy) is 1. The van der Waals surface area contributed by atoms with Gasteiger partial charge in [0.25, 0.3) is 0 Å². The highest BCUT2D eigenvalue weighted by molar-refractivity contribution is 5.95. The molecule has 7 nitrogen and oxygen atoms in total. The molecule has 1 saturated heterocycles. The predicted octanol–water partition coefficient (Wildman–Crippen LogP) is 2.67. The number of alkyl halides is 3. The molecular weight excluding hydrogens is 425 g/mol. The Kier molecular flexibility index (Phi) is 6.71. The van der Waals surface area contributed by atoms with E-state index in [1.807, 2.05) is 11.4 Å². The number of likely N-dealkylation sites (tertiary alicyclic amines) is 1. The summed E-state index contributed by atoms with van der Waals surface area (Å²) in [5.41, 5.74) is 7.93. The molecule has 4 N–H and O–H groups in total. The summed E-state index contributed by atoms with van der Waals surface area (Å²) in [6.45, 7) is 0.518. The van der Waals surface area contributed by atoms with Crippen molar-refractivity contribution in [3.05, 3.63) is 64.7 Å². The molecule has 0 unspecified atom stereocenters. The highest BCUT2D eigenvalue weighted by Crippen LogP contribution is 2.36. The molecule has 1 heterocycles. The van der Waals surface area contributed by atoms with Crippen molar-refractivity contribution in [3.63, 3.8) is 0 Å². The number of nitrogen functional groups attached to an aromatic ring is 1. The van der Waals surface area contributed by atoms with Crippen molar-refractivity contribution in [2.75, 3.05) is 13.7 Å². The van der Waals surface area contributed by atoms with Crippen LogP contribution in [-0.4, -0.2) is 42.4 Å². The summed E-state index contributed by atoms with van der Waals surface area (Å²) in [6, 6.07) is 11.8. The van der Waals surface area contributed by atoms with Crippen LogP contribution in [-0.2, 0) is 22.7 Å². The van der Waals surface area contributed by atoms with Gasteiger partial charge >= 0.3 is 12.1 Å². The van der Waals surface area contributed by atoms with Gasteiger partial charge in [0, 0.05) is 30.8 Å². The van der Waals surface area contributed by atoms with Crippen LogP contribution in [0.5, 0.6) is 5.75 Å². The first kappa shape index (κ1) is 23.1. The Labute approximate surface area is 182 Å². The van der Waals surface area contributed by atoms with Gasteiger partial charge in [0.05, 0.1) is 13.0 Å². The van der Waals surface area contributed by atoms with Crippen LogP contribution in [0, 0.1) is 5.41 Å². The zero-order valence-corrected chi connectivity index (χ0v) is 17.3. The van der Waals surface area contributed by atoms with E-state index in [2.05, 4.69) is 0 Å². The second-order valence-electron chi connectivity index (χ2n) is 7.47. The number of hydrogen-bond donors (Lipinski definition) is 3. The minimum Gasteiger partial charge on any atom is -0.496 e. The summed E-state index contributed by atoms with van der Waals surface area (Å²) in [6.07, 6.45) is -4.45. The molecule has 1 fully saturated rings. The molecule has 32 heavy (non-hydrogen) atoms. The van der Waals surface area contributed by atoms with E-state index in [1.165, 1.54) is 7.11 Å². The van der Waals surface area contributed by atoms with Gasteiger partial charge in [-0.05, 0) is 35.7 Å². The number of amides is 2. The normalized spacial score (nSPS) is 16.2. The average Bonchev–Trinajstić information content (AvgIpc) is 3.11. The molecule has 3 rings (SSSR count). The number of carbonyl (C=O) groups excluding carboxylic acids is 2. The maximum absolute atomic E-state index is 13.1. The van der Waals surface area contributed by atoms with Gasteiger partial charge in [0.2, 0.25) is 5.91 Å². The molecule has 0 bridgehead atoms. The van der Waals surface area contributed by atoms with Gasteiger partial charge in [0.1, 0.15) is 11.6 Å². The summed E-state index contributed by atoms with van der Waals surface area (Å²) in [4.78, 5) is 25.9. The Bertz CT molecular complexity index is 1040. The first-order valence-corrected chi connectivity index (χ1v) is 9.84. The van der Waals surface area contributed by atoms with Crippen molar-refractivity contribution in [1.82, 2.24) is 10.2 Å². The zero-order chi connectivity index (χ0) is 23.5. The number of benzene rings is 2. The van der Waals surface area contributed by atoms with Crippen molar-refractivity contribution in [2.45, 2.75) is 31.6 Å². The number of nitrogens with one attached hydrogen (secondary N) is 2. The van der Waals surface area contributed by atoms with Gasteiger partial charge in [-0.3, -0.25) is 15.0 Å². The van der Waals surface area contributed by atoms with E-state index in [9.17, 15) is 22.8 Å². The van der Waals surface area contributed by atoms with Crippen molar-refractivity contribution in [3.8, 4) is 5.75 Å². The van der Waals surface area contributed by atoms with Crippen molar-refractivity contribution in [1.29, 1.82) is 5.41 Å². The van der Waals surface area contributed by atoms with E-state index >= 15 is 0 Å². The standard InChI is InChI=1S/C22H23F3N4O3/c1-32-18-6-5-13(11-28-21(31)22(23,24)25)10-17(18)16-7-8-29(20(16)30)12-14-3-2-4-15(9-14)19(26)27/h2-6,9-10,16H,7-8,11-12H2,1H3,(H3,26,27)(H,28,31)/t16-/m0/s1. The summed E-state index contributed by atoms with van der Waals surface area (Å²) >= 11 is 0. The summed E-state index contributed by atoms with van der Waals surface area (Å²) in [5, 5.41) is 9.39. The largest absolute Gasteiger partial charge is 0.496 e. The van der Waals surface area contributed by atoms with Crippen LogP contribution in [0.3, 0.4) is 0 Å². The Morgan fingerprint density at radius 3 is 2.66 bits per heavy atom. The number of halogens is 3. The van der Waals surface area contributed by atoms with Crippen LogP contribution in [0.15, 0.2) is 42.5 Å². The van der Waals surface area contributed by atoms with Gasteiger partial charge in [-0.2, -0.15) is 13.2 Å². The molecule has 2 aromatic rings. The van der Waals surface area contributed by atoms with Crippen LogP contribution in [0.25, 0.3) is 0 Å². The summed E-state index contributed by atoms with van der Waals surface area (Å²) in [5.74, 6) is -2.27. The average molecular weight is 448 g/mol.